The molecule has 2 unspecified atom stereocenters. The van der Waals surface area contributed by atoms with Gasteiger partial charge in [-0.05, 0) is 44.1 Å². The zero-order valence-electron chi connectivity index (χ0n) is 11.2. The van der Waals surface area contributed by atoms with Crippen molar-refractivity contribution >= 4 is 18.3 Å². The van der Waals surface area contributed by atoms with Crippen molar-refractivity contribution < 1.29 is 4.79 Å². The van der Waals surface area contributed by atoms with Crippen molar-refractivity contribution in [1.82, 2.24) is 5.32 Å². The summed E-state index contributed by atoms with van der Waals surface area (Å²) < 4.78 is 0. The summed E-state index contributed by atoms with van der Waals surface area (Å²) in [4.78, 5) is 12.0. The van der Waals surface area contributed by atoms with Gasteiger partial charge < -0.3 is 11.1 Å². The normalized spacial score (nSPS) is 28.7. The van der Waals surface area contributed by atoms with E-state index in [1.807, 2.05) is 0 Å². The molecule has 2 rings (SSSR count). The maximum Gasteiger partial charge on any atom is 0.220 e. The third-order valence-electron chi connectivity index (χ3n) is 4.51. The lowest BCUT2D eigenvalue weighted by molar-refractivity contribution is -0.123. The van der Waals surface area contributed by atoms with Gasteiger partial charge in [-0.1, -0.05) is 25.7 Å². The number of amides is 1. The minimum atomic E-state index is 0. The van der Waals surface area contributed by atoms with Crippen LogP contribution in [0, 0.1) is 11.8 Å². The molecule has 0 spiro atoms. The van der Waals surface area contributed by atoms with Crippen LogP contribution in [-0.2, 0) is 4.79 Å². The average molecular weight is 275 g/mol. The Balaban J connectivity index is 0.00000162. The molecule has 106 valence electrons. The van der Waals surface area contributed by atoms with Crippen LogP contribution in [0.4, 0.5) is 0 Å². The molecule has 3 N–H and O–H groups in total. The van der Waals surface area contributed by atoms with E-state index >= 15 is 0 Å². The summed E-state index contributed by atoms with van der Waals surface area (Å²) in [5.41, 5.74) is 5.78. The first-order valence-corrected chi connectivity index (χ1v) is 7.29. The summed E-state index contributed by atoms with van der Waals surface area (Å²) in [5.74, 6) is 1.42. The Morgan fingerprint density at radius 3 is 2.33 bits per heavy atom. The number of nitrogens with two attached hydrogens (primary N) is 1. The van der Waals surface area contributed by atoms with E-state index in [0.717, 1.165) is 12.8 Å². The van der Waals surface area contributed by atoms with E-state index in [-0.39, 0.29) is 18.3 Å². The molecular formula is C14H27ClN2O. The molecule has 4 heteroatoms. The molecule has 2 atom stereocenters. The van der Waals surface area contributed by atoms with E-state index < -0.39 is 0 Å². The van der Waals surface area contributed by atoms with Gasteiger partial charge in [0.25, 0.3) is 0 Å². The van der Waals surface area contributed by atoms with Gasteiger partial charge >= 0.3 is 0 Å². The predicted octanol–water partition coefficient (Wildman–Crippen LogP) is 2.62. The first-order chi connectivity index (χ1) is 8.29. The standard InChI is InChI=1S/C14H26N2O.ClH/c15-10-12-7-3-4-8-13(12)16-14(17)9-11-5-1-2-6-11;/h11-13H,1-10,15H2,(H,16,17);1H. The summed E-state index contributed by atoms with van der Waals surface area (Å²) in [5, 5.41) is 3.23. The van der Waals surface area contributed by atoms with Gasteiger partial charge in [0.1, 0.15) is 0 Å². The maximum atomic E-state index is 12.0. The molecule has 0 aromatic heterocycles. The van der Waals surface area contributed by atoms with Crippen LogP contribution in [-0.4, -0.2) is 18.5 Å². The second kappa shape index (κ2) is 8.00. The lowest BCUT2D eigenvalue weighted by atomic mass is 9.84. The molecule has 0 aliphatic heterocycles. The second-order valence-corrected chi connectivity index (χ2v) is 5.81. The minimum Gasteiger partial charge on any atom is -0.353 e. The Bertz CT molecular complexity index is 254. The molecular weight excluding hydrogens is 248 g/mol. The zero-order chi connectivity index (χ0) is 12.1. The highest BCUT2D eigenvalue weighted by molar-refractivity contribution is 5.85. The van der Waals surface area contributed by atoms with Crippen molar-refractivity contribution in [3.63, 3.8) is 0 Å². The zero-order valence-corrected chi connectivity index (χ0v) is 12.0. The third kappa shape index (κ3) is 4.43. The number of carbonyl (C=O) groups excluding carboxylic acids is 1. The fourth-order valence-corrected chi connectivity index (χ4v) is 3.42. The molecule has 0 saturated heterocycles. The van der Waals surface area contributed by atoms with Gasteiger partial charge in [-0.3, -0.25) is 4.79 Å². The van der Waals surface area contributed by atoms with Crippen LogP contribution < -0.4 is 11.1 Å². The fourth-order valence-electron chi connectivity index (χ4n) is 3.42. The number of carbonyl (C=O) groups is 1. The van der Waals surface area contributed by atoms with Crippen LogP contribution in [0.5, 0.6) is 0 Å². The molecule has 0 radical (unpaired) electrons. The highest BCUT2D eigenvalue weighted by atomic mass is 35.5. The lowest BCUT2D eigenvalue weighted by Crippen LogP contribution is -2.45. The van der Waals surface area contributed by atoms with Gasteiger partial charge in [-0.2, -0.15) is 0 Å². The fraction of sp³-hybridized carbons (Fsp3) is 0.929. The van der Waals surface area contributed by atoms with Gasteiger partial charge in [0.05, 0.1) is 0 Å². The van der Waals surface area contributed by atoms with Gasteiger partial charge in [0.2, 0.25) is 5.91 Å². The summed E-state index contributed by atoms with van der Waals surface area (Å²) in [7, 11) is 0. The van der Waals surface area contributed by atoms with Crippen molar-refractivity contribution in [3.05, 3.63) is 0 Å². The molecule has 0 aromatic carbocycles. The van der Waals surface area contributed by atoms with Crippen LogP contribution in [0.15, 0.2) is 0 Å². The van der Waals surface area contributed by atoms with Crippen molar-refractivity contribution in [2.45, 2.75) is 63.8 Å². The first-order valence-electron chi connectivity index (χ1n) is 7.29. The molecule has 2 saturated carbocycles. The molecule has 0 aromatic rings. The summed E-state index contributed by atoms with van der Waals surface area (Å²) in [6.45, 7) is 0.717. The number of halogens is 1. The highest BCUT2D eigenvalue weighted by Crippen LogP contribution is 2.28. The summed E-state index contributed by atoms with van der Waals surface area (Å²) in [6, 6.07) is 0.350. The average Bonchev–Trinajstić information content (AvgIpc) is 2.82. The number of hydrogen-bond acceptors (Lipinski definition) is 2. The minimum absolute atomic E-state index is 0. The monoisotopic (exact) mass is 274 g/mol. The van der Waals surface area contributed by atoms with Gasteiger partial charge in [-0.15, -0.1) is 12.4 Å². The maximum absolute atomic E-state index is 12.0. The Hall–Kier alpha value is -0.280. The summed E-state index contributed by atoms with van der Waals surface area (Å²) in [6.07, 6.45) is 10.7. The predicted molar refractivity (Wildman–Crippen MR) is 76.8 cm³/mol. The van der Waals surface area contributed by atoms with Crippen LogP contribution in [0.1, 0.15) is 57.8 Å². The largest absolute Gasteiger partial charge is 0.353 e. The number of nitrogens with one attached hydrogen (secondary N) is 1. The van der Waals surface area contributed by atoms with E-state index in [1.54, 1.807) is 0 Å². The van der Waals surface area contributed by atoms with Gasteiger partial charge in [0.15, 0.2) is 0 Å². The van der Waals surface area contributed by atoms with Crippen LogP contribution >= 0.6 is 12.4 Å². The van der Waals surface area contributed by atoms with E-state index in [9.17, 15) is 4.79 Å². The smallest absolute Gasteiger partial charge is 0.220 e. The quantitative estimate of drug-likeness (QED) is 0.828. The van der Waals surface area contributed by atoms with Gasteiger partial charge in [-0.25, -0.2) is 0 Å². The SMILES string of the molecule is Cl.NCC1CCCCC1NC(=O)CC1CCCC1. The number of rotatable bonds is 4. The molecule has 2 aliphatic carbocycles. The van der Waals surface area contributed by atoms with Crippen molar-refractivity contribution in [2.24, 2.45) is 17.6 Å². The molecule has 0 heterocycles. The summed E-state index contributed by atoms with van der Waals surface area (Å²) >= 11 is 0. The second-order valence-electron chi connectivity index (χ2n) is 5.81. The topological polar surface area (TPSA) is 55.1 Å². The Morgan fingerprint density at radius 1 is 1.06 bits per heavy atom. The molecule has 2 aliphatic rings. The van der Waals surface area contributed by atoms with Crippen LogP contribution in [0.2, 0.25) is 0 Å². The molecule has 2 fully saturated rings. The van der Waals surface area contributed by atoms with Crippen LogP contribution in [0.25, 0.3) is 0 Å². The van der Waals surface area contributed by atoms with Crippen LogP contribution in [0.3, 0.4) is 0 Å². The lowest BCUT2D eigenvalue weighted by Gasteiger charge is -2.31. The highest BCUT2D eigenvalue weighted by Gasteiger charge is 2.26. The Labute approximate surface area is 117 Å². The van der Waals surface area contributed by atoms with E-state index in [1.165, 1.54) is 44.9 Å². The number of hydrogen-bond donors (Lipinski definition) is 2. The molecule has 1 amide bonds. The molecule has 18 heavy (non-hydrogen) atoms. The Morgan fingerprint density at radius 2 is 1.67 bits per heavy atom. The van der Waals surface area contributed by atoms with Crippen molar-refractivity contribution in [3.8, 4) is 0 Å². The van der Waals surface area contributed by atoms with E-state index in [0.29, 0.717) is 24.4 Å². The van der Waals surface area contributed by atoms with Gasteiger partial charge in [0, 0.05) is 12.5 Å². The Kier molecular flexibility index (Phi) is 7.02. The van der Waals surface area contributed by atoms with E-state index in [4.69, 9.17) is 5.73 Å². The van der Waals surface area contributed by atoms with Crippen molar-refractivity contribution in [2.75, 3.05) is 6.54 Å². The molecule has 3 nitrogen and oxygen atoms in total. The van der Waals surface area contributed by atoms with E-state index in [2.05, 4.69) is 5.32 Å². The van der Waals surface area contributed by atoms with Crippen molar-refractivity contribution in [1.29, 1.82) is 0 Å². The molecule has 0 bridgehead atoms. The third-order valence-corrected chi connectivity index (χ3v) is 4.51. The first kappa shape index (κ1) is 15.8.